The van der Waals surface area contributed by atoms with Crippen LogP contribution in [0.15, 0.2) is 18.2 Å². The van der Waals surface area contributed by atoms with Gasteiger partial charge in [0.15, 0.2) is 0 Å². The molecule has 2 unspecified atom stereocenters. The normalized spacial score (nSPS) is 19.8. The van der Waals surface area contributed by atoms with Crippen LogP contribution < -0.4 is 5.32 Å². The number of hydrogen-bond acceptors (Lipinski definition) is 2. The van der Waals surface area contributed by atoms with Gasteiger partial charge in [-0.1, -0.05) is 6.42 Å². The van der Waals surface area contributed by atoms with E-state index in [1.807, 2.05) is 6.92 Å². The molecule has 1 fully saturated rings. The lowest BCUT2D eigenvalue weighted by atomic mass is 10.1. The highest BCUT2D eigenvalue weighted by Gasteiger charge is 2.18. The predicted octanol–water partition coefficient (Wildman–Crippen LogP) is 3.49. The van der Waals surface area contributed by atoms with E-state index in [2.05, 4.69) is 17.1 Å². The first-order valence-electron chi connectivity index (χ1n) is 7.50. The molecule has 0 saturated carbocycles. The standard InChI is InChI=1S/C16H24F2N2/c1-12(20-8-4-3-5-9-20)11-19-13(2)15-10-14(17)6-7-16(15)18/h6-7,10,12-13,19H,3-5,8-9,11H2,1-2H3. The van der Waals surface area contributed by atoms with E-state index in [0.717, 1.165) is 25.7 Å². The molecule has 1 aliphatic heterocycles. The molecule has 0 bridgehead atoms. The lowest BCUT2D eigenvalue weighted by Gasteiger charge is -2.33. The van der Waals surface area contributed by atoms with E-state index in [1.165, 1.54) is 31.4 Å². The summed E-state index contributed by atoms with van der Waals surface area (Å²) in [6.07, 6.45) is 3.85. The molecule has 0 radical (unpaired) electrons. The van der Waals surface area contributed by atoms with Crippen molar-refractivity contribution in [3.63, 3.8) is 0 Å². The Labute approximate surface area is 120 Å². The van der Waals surface area contributed by atoms with Crippen molar-refractivity contribution in [2.45, 2.75) is 45.2 Å². The van der Waals surface area contributed by atoms with Crippen LogP contribution in [0, 0.1) is 11.6 Å². The van der Waals surface area contributed by atoms with Gasteiger partial charge in [0.05, 0.1) is 0 Å². The Hall–Kier alpha value is -1.00. The minimum absolute atomic E-state index is 0.182. The number of rotatable bonds is 5. The van der Waals surface area contributed by atoms with Crippen molar-refractivity contribution in [2.24, 2.45) is 0 Å². The second kappa shape index (κ2) is 7.14. The minimum Gasteiger partial charge on any atom is -0.309 e. The van der Waals surface area contributed by atoms with Crippen molar-refractivity contribution in [3.8, 4) is 0 Å². The number of nitrogens with one attached hydrogen (secondary N) is 1. The van der Waals surface area contributed by atoms with E-state index in [1.54, 1.807) is 0 Å². The molecule has 0 amide bonds. The van der Waals surface area contributed by atoms with Crippen LogP contribution in [0.25, 0.3) is 0 Å². The van der Waals surface area contributed by atoms with E-state index in [9.17, 15) is 8.78 Å². The Morgan fingerprint density at radius 1 is 1.15 bits per heavy atom. The van der Waals surface area contributed by atoms with Gasteiger partial charge in [-0.05, 0) is 58.0 Å². The predicted molar refractivity (Wildman–Crippen MR) is 77.7 cm³/mol. The third-order valence-corrected chi connectivity index (χ3v) is 4.16. The molecule has 112 valence electrons. The first-order valence-corrected chi connectivity index (χ1v) is 7.50. The van der Waals surface area contributed by atoms with E-state index in [-0.39, 0.29) is 17.7 Å². The first-order chi connectivity index (χ1) is 9.58. The summed E-state index contributed by atoms with van der Waals surface area (Å²) in [7, 11) is 0. The number of hydrogen-bond donors (Lipinski definition) is 1. The van der Waals surface area contributed by atoms with Crippen molar-refractivity contribution >= 4 is 0 Å². The van der Waals surface area contributed by atoms with Gasteiger partial charge in [-0.2, -0.15) is 0 Å². The molecule has 1 saturated heterocycles. The van der Waals surface area contributed by atoms with Gasteiger partial charge in [0.25, 0.3) is 0 Å². The summed E-state index contributed by atoms with van der Waals surface area (Å²) < 4.78 is 26.9. The smallest absolute Gasteiger partial charge is 0.128 e. The molecule has 4 heteroatoms. The van der Waals surface area contributed by atoms with Gasteiger partial charge < -0.3 is 5.32 Å². The van der Waals surface area contributed by atoms with Gasteiger partial charge in [0.1, 0.15) is 11.6 Å². The van der Waals surface area contributed by atoms with Crippen molar-refractivity contribution in [3.05, 3.63) is 35.4 Å². The van der Waals surface area contributed by atoms with Crippen molar-refractivity contribution in [2.75, 3.05) is 19.6 Å². The molecular formula is C16H24F2N2. The molecule has 0 spiro atoms. The summed E-state index contributed by atoms with van der Waals surface area (Å²) in [5.41, 5.74) is 0.399. The highest BCUT2D eigenvalue weighted by atomic mass is 19.1. The van der Waals surface area contributed by atoms with Crippen LogP contribution in [0.4, 0.5) is 8.78 Å². The quantitative estimate of drug-likeness (QED) is 0.889. The lowest BCUT2D eigenvalue weighted by Crippen LogP contribution is -2.43. The van der Waals surface area contributed by atoms with Crippen LogP contribution in [0.5, 0.6) is 0 Å². The number of benzene rings is 1. The van der Waals surface area contributed by atoms with E-state index < -0.39 is 0 Å². The van der Waals surface area contributed by atoms with Crippen LogP contribution in [-0.4, -0.2) is 30.6 Å². The summed E-state index contributed by atoms with van der Waals surface area (Å²) in [5.74, 6) is -0.740. The molecule has 1 N–H and O–H groups in total. The maximum Gasteiger partial charge on any atom is 0.128 e. The lowest BCUT2D eigenvalue weighted by molar-refractivity contribution is 0.168. The van der Waals surface area contributed by atoms with Gasteiger partial charge in [-0.25, -0.2) is 8.78 Å². The molecule has 1 aromatic carbocycles. The second-order valence-electron chi connectivity index (χ2n) is 5.74. The third kappa shape index (κ3) is 4.00. The maximum absolute atomic E-state index is 13.7. The van der Waals surface area contributed by atoms with Gasteiger partial charge in [-0.15, -0.1) is 0 Å². The van der Waals surface area contributed by atoms with Gasteiger partial charge in [0.2, 0.25) is 0 Å². The Bertz CT molecular complexity index is 430. The monoisotopic (exact) mass is 282 g/mol. The Morgan fingerprint density at radius 2 is 1.85 bits per heavy atom. The van der Waals surface area contributed by atoms with Crippen LogP contribution in [0.3, 0.4) is 0 Å². The summed E-state index contributed by atoms with van der Waals surface area (Å²) in [5, 5.41) is 3.32. The topological polar surface area (TPSA) is 15.3 Å². The highest BCUT2D eigenvalue weighted by Crippen LogP contribution is 2.18. The molecule has 1 heterocycles. The number of piperidine rings is 1. The molecule has 1 aliphatic rings. The number of halogens is 2. The number of nitrogens with zero attached hydrogens (tertiary/aromatic N) is 1. The average Bonchev–Trinajstić information content (AvgIpc) is 2.47. The fourth-order valence-corrected chi connectivity index (χ4v) is 2.79. The highest BCUT2D eigenvalue weighted by molar-refractivity contribution is 5.21. The zero-order valence-electron chi connectivity index (χ0n) is 12.3. The Morgan fingerprint density at radius 3 is 2.55 bits per heavy atom. The summed E-state index contributed by atoms with van der Waals surface area (Å²) in [4.78, 5) is 2.46. The molecule has 1 aromatic rings. The van der Waals surface area contributed by atoms with Crippen molar-refractivity contribution in [1.29, 1.82) is 0 Å². The summed E-state index contributed by atoms with van der Waals surface area (Å²) >= 11 is 0. The van der Waals surface area contributed by atoms with Crippen LogP contribution >= 0.6 is 0 Å². The molecule has 2 nitrogen and oxygen atoms in total. The van der Waals surface area contributed by atoms with Crippen molar-refractivity contribution < 1.29 is 8.78 Å². The molecule has 2 rings (SSSR count). The minimum atomic E-state index is -0.390. The van der Waals surface area contributed by atoms with Crippen molar-refractivity contribution in [1.82, 2.24) is 10.2 Å². The zero-order chi connectivity index (χ0) is 14.5. The fraction of sp³-hybridized carbons (Fsp3) is 0.625. The summed E-state index contributed by atoms with van der Waals surface area (Å²) in [6.45, 7) is 7.14. The van der Waals surface area contributed by atoms with Crippen LogP contribution in [0.2, 0.25) is 0 Å². The fourth-order valence-electron chi connectivity index (χ4n) is 2.79. The van der Waals surface area contributed by atoms with Gasteiger partial charge in [0, 0.05) is 24.2 Å². The van der Waals surface area contributed by atoms with E-state index >= 15 is 0 Å². The first kappa shape index (κ1) is 15.4. The van der Waals surface area contributed by atoms with E-state index in [0.29, 0.717) is 11.6 Å². The number of likely N-dealkylation sites (tertiary alicyclic amines) is 1. The van der Waals surface area contributed by atoms with E-state index in [4.69, 9.17) is 0 Å². The molecule has 2 atom stereocenters. The Kier molecular flexibility index (Phi) is 5.49. The molecule has 0 aromatic heterocycles. The zero-order valence-corrected chi connectivity index (χ0v) is 12.3. The van der Waals surface area contributed by atoms with Crippen LogP contribution in [0.1, 0.15) is 44.7 Å². The van der Waals surface area contributed by atoms with Gasteiger partial charge >= 0.3 is 0 Å². The Balaban J connectivity index is 1.87. The molecule has 0 aliphatic carbocycles. The van der Waals surface area contributed by atoms with Crippen LogP contribution in [-0.2, 0) is 0 Å². The molecular weight excluding hydrogens is 258 g/mol. The third-order valence-electron chi connectivity index (χ3n) is 4.16. The largest absolute Gasteiger partial charge is 0.309 e. The average molecular weight is 282 g/mol. The summed E-state index contributed by atoms with van der Waals surface area (Å²) in [6, 6.07) is 3.87. The SMILES string of the molecule is CC(NCC(C)N1CCCCC1)c1cc(F)ccc1F. The second-order valence-corrected chi connectivity index (χ2v) is 5.74. The maximum atomic E-state index is 13.7. The van der Waals surface area contributed by atoms with Gasteiger partial charge in [-0.3, -0.25) is 4.90 Å². The molecule has 20 heavy (non-hydrogen) atoms.